The van der Waals surface area contributed by atoms with E-state index in [9.17, 15) is 9.59 Å². The Labute approximate surface area is 225 Å². The van der Waals surface area contributed by atoms with Crippen molar-refractivity contribution in [1.29, 1.82) is 0 Å². The number of benzene rings is 1. The van der Waals surface area contributed by atoms with Gasteiger partial charge in [0.05, 0.1) is 19.3 Å². The van der Waals surface area contributed by atoms with Crippen LogP contribution >= 0.6 is 22.9 Å². The van der Waals surface area contributed by atoms with Gasteiger partial charge in [0.25, 0.3) is 5.91 Å². The number of thiophene rings is 1. The Kier molecular flexibility index (Phi) is 8.58. The van der Waals surface area contributed by atoms with Crippen molar-refractivity contribution in [2.45, 2.75) is 31.5 Å². The Morgan fingerprint density at radius 1 is 1.11 bits per heavy atom. The number of rotatable bonds is 9. The number of hydrogen-bond acceptors (Lipinski definition) is 6. The van der Waals surface area contributed by atoms with Gasteiger partial charge in [-0.15, -0.1) is 11.3 Å². The van der Waals surface area contributed by atoms with Gasteiger partial charge in [-0.2, -0.15) is 0 Å². The predicted octanol–water partition coefficient (Wildman–Crippen LogP) is 3.09. The number of morpholine rings is 1. The van der Waals surface area contributed by atoms with Gasteiger partial charge in [0.1, 0.15) is 19.6 Å². The molecule has 2 aliphatic heterocycles. The first kappa shape index (κ1) is 25.9. The summed E-state index contributed by atoms with van der Waals surface area (Å²) in [5, 5.41) is 5.46. The second kappa shape index (κ2) is 12.2. The number of carbonyl (C=O) groups is 2. The Morgan fingerprint density at radius 2 is 1.92 bits per heavy atom. The molecular weight excluding hydrogens is 514 g/mol. The van der Waals surface area contributed by atoms with Gasteiger partial charge in [-0.3, -0.25) is 14.5 Å². The Balaban J connectivity index is 1.44. The van der Waals surface area contributed by atoms with E-state index in [0.717, 1.165) is 49.8 Å². The molecule has 0 radical (unpaired) electrons. The third-order valence-corrected chi connectivity index (χ3v) is 7.84. The highest BCUT2D eigenvalue weighted by molar-refractivity contribution is 7.10. The summed E-state index contributed by atoms with van der Waals surface area (Å²) in [6, 6.07) is 13.3. The highest BCUT2D eigenvalue weighted by Crippen LogP contribution is 2.33. The van der Waals surface area contributed by atoms with Crippen LogP contribution in [0, 0.1) is 0 Å². The molecule has 2 N–H and O–H groups in total. The lowest BCUT2D eigenvalue weighted by Crippen LogP contribution is -3.12. The zero-order valence-corrected chi connectivity index (χ0v) is 22.1. The van der Waals surface area contributed by atoms with Crippen LogP contribution in [0.5, 0.6) is 0 Å². The van der Waals surface area contributed by atoms with E-state index >= 15 is 0 Å². The van der Waals surface area contributed by atoms with Crippen LogP contribution < -0.4 is 15.1 Å². The number of quaternary nitrogens is 1. The van der Waals surface area contributed by atoms with Crippen molar-refractivity contribution >= 4 is 40.4 Å². The molecule has 0 spiro atoms. The average Bonchev–Trinajstić information content (AvgIpc) is 3.70. The van der Waals surface area contributed by atoms with E-state index in [4.69, 9.17) is 25.5 Å². The molecule has 8 nitrogen and oxygen atoms in total. The van der Waals surface area contributed by atoms with Crippen molar-refractivity contribution in [3.8, 4) is 0 Å². The minimum atomic E-state index is -0.881. The number of ether oxygens (including phenoxy) is 2. The fourth-order valence-electron chi connectivity index (χ4n) is 4.71. The summed E-state index contributed by atoms with van der Waals surface area (Å²) in [7, 11) is 0. The fraction of sp³-hybridized carbons (Fsp3) is 0.407. The van der Waals surface area contributed by atoms with Crippen LogP contribution in [0.3, 0.4) is 0 Å². The molecule has 4 heterocycles. The highest BCUT2D eigenvalue weighted by Gasteiger charge is 2.36. The summed E-state index contributed by atoms with van der Waals surface area (Å²) >= 11 is 7.58. The monoisotopic (exact) mass is 544 g/mol. The van der Waals surface area contributed by atoms with E-state index in [-0.39, 0.29) is 17.8 Å². The summed E-state index contributed by atoms with van der Waals surface area (Å²) in [6.45, 7) is 5.01. The second-order valence-electron chi connectivity index (χ2n) is 9.25. The van der Waals surface area contributed by atoms with Gasteiger partial charge >= 0.3 is 0 Å². The lowest BCUT2D eigenvalue weighted by molar-refractivity contribution is -0.922. The van der Waals surface area contributed by atoms with Crippen molar-refractivity contribution in [3.05, 3.63) is 75.3 Å². The van der Waals surface area contributed by atoms with Crippen molar-refractivity contribution in [1.82, 2.24) is 5.32 Å². The molecule has 2 atom stereocenters. The van der Waals surface area contributed by atoms with E-state index in [0.29, 0.717) is 30.4 Å². The number of anilines is 1. The van der Waals surface area contributed by atoms with Crippen molar-refractivity contribution < 1.29 is 28.4 Å². The third kappa shape index (κ3) is 6.42. The number of carbonyl (C=O) groups excluding carboxylic acids is 2. The summed E-state index contributed by atoms with van der Waals surface area (Å²) in [4.78, 5) is 31.3. The van der Waals surface area contributed by atoms with Crippen LogP contribution in [0.25, 0.3) is 0 Å². The standard InChI is InChI=1S/C27H30ClN3O5S/c28-19-5-7-20(8-6-19)31(27(33)23-10-9-22(36-23)18-30-11-14-34-15-12-30)25(24-4-2-16-37-24)26(32)29-17-21-3-1-13-35-21/h2,4-10,16,21,25H,1,3,11-15,17-18H2,(H,29,32)/p+1/t21-,25+/m1/s1. The Bertz CT molecular complexity index is 1170. The van der Waals surface area contributed by atoms with E-state index in [2.05, 4.69) is 5.32 Å². The first-order chi connectivity index (χ1) is 18.1. The fourth-order valence-corrected chi connectivity index (χ4v) is 5.65. The highest BCUT2D eigenvalue weighted by atomic mass is 35.5. The van der Waals surface area contributed by atoms with Gasteiger partial charge in [0.15, 0.2) is 17.6 Å². The molecule has 0 bridgehead atoms. The zero-order chi connectivity index (χ0) is 25.6. The normalized spacial score (nSPS) is 19.0. The quantitative estimate of drug-likeness (QED) is 0.432. The summed E-state index contributed by atoms with van der Waals surface area (Å²) in [5.41, 5.74) is 0.553. The molecule has 37 heavy (non-hydrogen) atoms. The molecule has 3 aromatic rings. The Morgan fingerprint density at radius 3 is 2.62 bits per heavy atom. The molecule has 2 amide bonds. The molecule has 10 heteroatoms. The van der Waals surface area contributed by atoms with Gasteiger partial charge in [-0.25, -0.2) is 0 Å². The molecular formula is C27H31ClN3O5S+. The van der Waals surface area contributed by atoms with Gasteiger partial charge in [0.2, 0.25) is 5.91 Å². The van der Waals surface area contributed by atoms with Crippen molar-refractivity contribution in [3.63, 3.8) is 0 Å². The lowest BCUT2D eigenvalue weighted by atomic mass is 10.1. The van der Waals surface area contributed by atoms with Gasteiger partial charge in [0, 0.05) is 28.7 Å². The minimum Gasteiger partial charge on any atom is -0.450 e. The molecule has 0 unspecified atom stereocenters. The first-order valence-corrected chi connectivity index (χ1v) is 13.9. The van der Waals surface area contributed by atoms with E-state index in [1.165, 1.54) is 21.1 Å². The SMILES string of the molecule is O=C(NC[C@H]1CCCO1)[C@H](c1cccs1)N(C(=O)c1ccc(C[NH+]2CCOCC2)o1)c1ccc(Cl)cc1. The summed E-state index contributed by atoms with van der Waals surface area (Å²) in [5.74, 6) is 0.250. The molecule has 5 rings (SSSR count). The minimum absolute atomic E-state index is 0.0112. The van der Waals surface area contributed by atoms with Crippen molar-refractivity contribution in [2.75, 3.05) is 44.4 Å². The molecule has 2 aliphatic rings. The van der Waals surface area contributed by atoms with Crippen LogP contribution in [0.1, 0.15) is 40.1 Å². The van der Waals surface area contributed by atoms with Crippen LogP contribution in [0.4, 0.5) is 5.69 Å². The molecule has 0 saturated carbocycles. The second-order valence-corrected chi connectivity index (χ2v) is 10.7. The van der Waals surface area contributed by atoms with Gasteiger partial charge in [-0.1, -0.05) is 17.7 Å². The average molecular weight is 545 g/mol. The molecule has 0 aliphatic carbocycles. The maximum atomic E-state index is 14.0. The van der Waals surface area contributed by atoms with Crippen LogP contribution in [-0.2, 0) is 20.8 Å². The lowest BCUT2D eigenvalue weighted by Gasteiger charge is -2.30. The molecule has 1 aromatic carbocycles. The molecule has 196 valence electrons. The van der Waals surface area contributed by atoms with Crippen LogP contribution in [-0.4, -0.2) is 57.4 Å². The number of halogens is 1. The number of amides is 2. The number of nitrogens with one attached hydrogen (secondary N) is 2. The van der Waals surface area contributed by atoms with Crippen molar-refractivity contribution in [2.24, 2.45) is 0 Å². The summed E-state index contributed by atoms with van der Waals surface area (Å²) in [6.07, 6.45) is 1.88. The number of furan rings is 1. The maximum Gasteiger partial charge on any atom is 0.295 e. The molecule has 2 fully saturated rings. The molecule has 2 saturated heterocycles. The van der Waals surface area contributed by atoms with E-state index in [1.54, 1.807) is 30.3 Å². The van der Waals surface area contributed by atoms with Gasteiger partial charge in [-0.05, 0) is 60.7 Å². The first-order valence-electron chi connectivity index (χ1n) is 12.6. The van der Waals surface area contributed by atoms with Gasteiger partial charge < -0.3 is 24.1 Å². The van der Waals surface area contributed by atoms with E-state index < -0.39 is 11.9 Å². The predicted molar refractivity (Wildman–Crippen MR) is 141 cm³/mol. The topological polar surface area (TPSA) is 85.5 Å². The summed E-state index contributed by atoms with van der Waals surface area (Å²) < 4.78 is 17.2. The van der Waals surface area contributed by atoms with E-state index in [1.807, 2.05) is 23.6 Å². The third-order valence-electron chi connectivity index (χ3n) is 6.67. The number of nitrogens with zero attached hydrogens (tertiary/aromatic N) is 1. The van der Waals surface area contributed by atoms with Crippen LogP contribution in [0.2, 0.25) is 5.02 Å². The smallest absolute Gasteiger partial charge is 0.295 e. The zero-order valence-electron chi connectivity index (χ0n) is 20.5. The van der Waals surface area contributed by atoms with Crippen LogP contribution in [0.15, 0.2) is 58.3 Å². The number of hydrogen-bond donors (Lipinski definition) is 2. The Hall–Kier alpha value is -2.69. The maximum absolute atomic E-state index is 14.0. The molecule has 2 aromatic heterocycles. The largest absolute Gasteiger partial charge is 0.450 e.